The molecular formula is C35H44N2O2. The van der Waals surface area contributed by atoms with E-state index in [1.54, 1.807) is 0 Å². The van der Waals surface area contributed by atoms with E-state index in [0.717, 1.165) is 46.8 Å². The average Bonchev–Trinajstić information content (AvgIpc) is 3.57. The minimum Gasteiger partial charge on any atom is -0.492 e. The summed E-state index contributed by atoms with van der Waals surface area (Å²) in [6.07, 6.45) is 2.96. The Morgan fingerprint density at radius 1 is 1.03 bits per heavy atom. The van der Waals surface area contributed by atoms with Gasteiger partial charge >= 0.3 is 0 Å². The number of rotatable bonds is 6. The Morgan fingerprint density at radius 3 is 2.36 bits per heavy atom. The molecule has 0 aromatic heterocycles. The van der Waals surface area contributed by atoms with Gasteiger partial charge in [-0.05, 0) is 78.0 Å². The topological polar surface area (TPSA) is 41.6 Å². The molecule has 1 saturated heterocycles. The third-order valence-corrected chi connectivity index (χ3v) is 8.31. The van der Waals surface area contributed by atoms with Gasteiger partial charge in [0.05, 0.1) is 6.61 Å². The molecule has 5 rings (SSSR count). The van der Waals surface area contributed by atoms with Crippen molar-refractivity contribution in [2.24, 2.45) is 5.41 Å². The second-order valence-corrected chi connectivity index (χ2v) is 13.0. The first kappa shape index (κ1) is 27.3. The fourth-order valence-corrected chi connectivity index (χ4v) is 6.25. The molecule has 1 atom stereocenters. The fourth-order valence-electron chi connectivity index (χ4n) is 6.25. The lowest BCUT2D eigenvalue weighted by molar-refractivity contribution is -0.117. The van der Waals surface area contributed by atoms with Gasteiger partial charge in [-0.3, -0.25) is 4.79 Å². The predicted octanol–water partition coefficient (Wildman–Crippen LogP) is 8.59. The summed E-state index contributed by atoms with van der Waals surface area (Å²) >= 11 is 0. The van der Waals surface area contributed by atoms with Gasteiger partial charge in [0.25, 0.3) is 0 Å². The van der Waals surface area contributed by atoms with Gasteiger partial charge in [-0.1, -0.05) is 71.0 Å². The molecule has 3 aromatic rings. The van der Waals surface area contributed by atoms with Crippen molar-refractivity contribution in [1.82, 2.24) is 0 Å². The zero-order chi connectivity index (χ0) is 27.9. The maximum atomic E-state index is 13.2. The molecule has 206 valence electrons. The zero-order valence-corrected chi connectivity index (χ0v) is 24.8. The Labute approximate surface area is 234 Å². The molecule has 0 spiro atoms. The lowest BCUT2D eigenvalue weighted by atomic mass is 9.84. The van der Waals surface area contributed by atoms with Crippen molar-refractivity contribution in [3.63, 3.8) is 0 Å². The van der Waals surface area contributed by atoms with Crippen LogP contribution in [0.1, 0.15) is 93.5 Å². The average molecular weight is 525 g/mol. The van der Waals surface area contributed by atoms with Crippen LogP contribution in [-0.4, -0.2) is 25.6 Å². The number of benzene rings is 3. The van der Waals surface area contributed by atoms with E-state index in [-0.39, 0.29) is 17.2 Å². The minimum absolute atomic E-state index is 0.0576. The number of nitrogens with zero attached hydrogens (tertiary/aromatic N) is 1. The monoisotopic (exact) mass is 524 g/mol. The van der Waals surface area contributed by atoms with Crippen molar-refractivity contribution in [3.05, 3.63) is 76.3 Å². The molecule has 0 bridgehead atoms. The van der Waals surface area contributed by atoms with Crippen LogP contribution < -0.4 is 15.0 Å². The van der Waals surface area contributed by atoms with E-state index in [1.165, 1.54) is 35.2 Å². The van der Waals surface area contributed by atoms with E-state index in [1.807, 2.05) is 0 Å². The fraction of sp³-hybridized carbons (Fsp3) is 0.457. The van der Waals surface area contributed by atoms with Crippen molar-refractivity contribution >= 4 is 17.3 Å². The van der Waals surface area contributed by atoms with Gasteiger partial charge in [0.2, 0.25) is 5.91 Å². The van der Waals surface area contributed by atoms with Gasteiger partial charge in [0.15, 0.2) is 0 Å². The Kier molecular flexibility index (Phi) is 7.50. The van der Waals surface area contributed by atoms with E-state index in [4.69, 9.17) is 4.74 Å². The first-order valence-electron chi connectivity index (χ1n) is 14.6. The highest BCUT2D eigenvalue weighted by molar-refractivity contribution is 5.96. The molecule has 3 aromatic carbocycles. The standard InChI is InChI=1S/C35H44N2O2/c1-22(2)25-13-15-26(16-14-25)29-21-39-34-31(27-11-10-12-28(19-27)37-17-8-9-18-37)23(3)33(24(4)32(29)34)36-30(38)20-35(5,6)7/h10-16,19,22,29H,8-9,17-18,20-21H2,1-7H3,(H,36,38). The number of nitrogens with one attached hydrogen (secondary N) is 1. The molecule has 0 saturated carbocycles. The second kappa shape index (κ2) is 10.7. The third kappa shape index (κ3) is 5.57. The molecule has 2 heterocycles. The molecule has 1 unspecified atom stereocenters. The summed E-state index contributed by atoms with van der Waals surface area (Å²) in [5.41, 5.74) is 10.3. The van der Waals surface area contributed by atoms with Crippen LogP contribution in [0, 0.1) is 19.3 Å². The van der Waals surface area contributed by atoms with E-state index in [9.17, 15) is 4.79 Å². The van der Waals surface area contributed by atoms with Crippen LogP contribution in [0.4, 0.5) is 11.4 Å². The van der Waals surface area contributed by atoms with Crippen LogP contribution in [0.25, 0.3) is 11.1 Å². The number of anilines is 2. The second-order valence-electron chi connectivity index (χ2n) is 13.0. The van der Waals surface area contributed by atoms with Crippen LogP contribution in [0.15, 0.2) is 48.5 Å². The normalized spacial score (nSPS) is 16.9. The Morgan fingerprint density at radius 2 is 1.72 bits per heavy atom. The van der Waals surface area contributed by atoms with Crippen molar-refractivity contribution in [2.75, 3.05) is 29.9 Å². The molecular weight excluding hydrogens is 480 g/mol. The van der Waals surface area contributed by atoms with Crippen LogP contribution in [0.3, 0.4) is 0 Å². The number of carbonyl (C=O) groups is 1. The number of fused-ring (bicyclic) bond motifs is 1. The SMILES string of the molecule is Cc1c(NC(=O)CC(C)(C)C)c(C)c2c(c1-c1cccc(N3CCCC3)c1)OCC2c1ccc(C(C)C)cc1. The molecule has 0 aliphatic carbocycles. The largest absolute Gasteiger partial charge is 0.492 e. The molecule has 1 amide bonds. The van der Waals surface area contributed by atoms with E-state index in [2.05, 4.69) is 107 Å². The van der Waals surface area contributed by atoms with E-state index >= 15 is 0 Å². The van der Waals surface area contributed by atoms with Crippen molar-refractivity contribution in [3.8, 4) is 16.9 Å². The Hall–Kier alpha value is -3.27. The quantitative estimate of drug-likeness (QED) is 0.351. The molecule has 1 fully saturated rings. The van der Waals surface area contributed by atoms with Gasteiger partial charge < -0.3 is 15.0 Å². The van der Waals surface area contributed by atoms with Crippen molar-refractivity contribution < 1.29 is 9.53 Å². The van der Waals surface area contributed by atoms with Gasteiger partial charge in [0.1, 0.15) is 5.75 Å². The highest BCUT2D eigenvalue weighted by Gasteiger charge is 2.34. The molecule has 0 radical (unpaired) electrons. The summed E-state index contributed by atoms with van der Waals surface area (Å²) in [4.78, 5) is 15.7. The lowest BCUT2D eigenvalue weighted by Gasteiger charge is -2.24. The maximum absolute atomic E-state index is 13.2. The minimum atomic E-state index is -0.0840. The summed E-state index contributed by atoms with van der Waals surface area (Å²) in [7, 11) is 0. The maximum Gasteiger partial charge on any atom is 0.224 e. The highest BCUT2D eigenvalue weighted by Crippen LogP contribution is 2.51. The third-order valence-electron chi connectivity index (χ3n) is 8.31. The van der Waals surface area contributed by atoms with Crippen molar-refractivity contribution in [1.29, 1.82) is 0 Å². The Balaban J connectivity index is 1.65. The zero-order valence-electron chi connectivity index (χ0n) is 24.8. The molecule has 4 heteroatoms. The Bertz CT molecular complexity index is 1360. The molecule has 1 N–H and O–H groups in total. The molecule has 2 aliphatic rings. The van der Waals surface area contributed by atoms with E-state index in [0.29, 0.717) is 18.9 Å². The number of hydrogen-bond acceptors (Lipinski definition) is 3. The summed E-state index contributed by atoms with van der Waals surface area (Å²) in [6.45, 7) is 17.9. The number of ether oxygens (including phenoxy) is 1. The van der Waals surface area contributed by atoms with Gasteiger partial charge in [-0.2, -0.15) is 0 Å². The lowest BCUT2D eigenvalue weighted by Crippen LogP contribution is -2.21. The van der Waals surface area contributed by atoms with Gasteiger partial charge in [-0.15, -0.1) is 0 Å². The first-order chi connectivity index (χ1) is 18.5. The van der Waals surface area contributed by atoms with Crippen LogP contribution in [0.2, 0.25) is 0 Å². The molecule has 2 aliphatic heterocycles. The van der Waals surface area contributed by atoms with Crippen molar-refractivity contribution in [2.45, 2.75) is 79.6 Å². The predicted molar refractivity (Wildman–Crippen MR) is 163 cm³/mol. The smallest absolute Gasteiger partial charge is 0.224 e. The first-order valence-corrected chi connectivity index (χ1v) is 14.6. The summed E-state index contributed by atoms with van der Waals surface area (Å²) in [5.74, 6) is 1.65. The molecule has 4 nitrogen and oxygen atoms in total. The summed E-state index contributed by atoms with van der Waals surface area (Å²) < 4.78 is 6.57. The van der Waals surface area contributed by atoms with Gasteiger partial charge in [0, 0.05) is 47.9 Å². The number of hydrogen-bond donors (Lipinski definition) is 1. The summed E-state index contributed by atoms with van der Waals surface area (Å²) in [6, 6.07) is 17.9. The van der Waals surface area contributed by atoms with Crippen LogP contribution in [-0.2, 0) is 4.79 Å². The van der Waals surface area contributed by atoms with Gasteiger partial charge in [-0.25, -0.2) is 0 Å². The van der Waals surface area contributed by atoms with E-state index < -0.39 is 0 Å². The summed E-state index contributed by atoms with van der Waals surface area (Å²) in [5, 5.41) is 3.34. The number of carbonyl (C=O) groups excluding carboxylic acids is 1. The van der Waals surface area contributed by atoms with Crippen LogP contribution in [0.5, 0.6) is 5.75 Å². The molecule has 39 heavy (non-hydrogen) atoms. The number of amides is 1. The highest BCUT2D eigenvalue weighted by atomic mass is 16.5. The van der Waals surface area contributed by atoms with Crippen LogP contribution >= 0.6 is 0 Å².